The van der Waals surface area contributed by atoms with Gasteiger partial charge in [0, 0.05) is 6.04 Å². The quantitative estimate of drug-likeness (QED) is 0.734. The first-order valence-electron chi connectivity index (χ1n) is 9.41. The summed E-state index contributed by atoms with van der Waals surface area (Å²) in [4.78, 5) is 25.1. The van der Waals surface area contributed by atoms with Gasteiger partial charge >= 0.3 is 0 Å². The average Bonchev–Trinajstić information content (AvgIpc) is 2.68. The summed E-state index contributed by atoms with van der Waals surface area (Å²) in [5.74, 6) is 0.195. The summed E-state index contributed by atoms with van der Waals surface area (Å²) in [7, 11) is 0. The molecule has 0 unspecified atom stereocenters. The van der Waals surface area contributed by atoms with E-state index in [1.165, 1.54) is 0 Å². The Morgan fingerprint density at radius 3 is 2.37 bits per heavy atom. The summed E-state index contributed by atoms with van der Waals surface area (Å²) in [5.41, 5.74) is 1.96. The number of hydrogen-bond donors (Lipinski definition) is 2. The van der Waals surface area contributed by atoms with Crippen molar-refractivity contribution in [2.45, 2.75) is 52.7 Å². The molecule has 0 spiro atoms. The highest BCUT2D eigenvalue weighted by atomic mass is 16.5. The van der Waals surface area contributed by atoms with Crippen molar-refractivity contribution in [2.75, 3.05) is 5.32 Å². The summed E-state index contributed by atoms with van der Waals surface area (Å²) in [6.07, 6.45) is 0.967. The molecule has 144 valence electrons. The molecular formula is C22H28N2O3. The number of carbonyl (C=O) groups is 2. The highest BCUT2D eigenvalue weighted by Crippen LogP contribution is 2.21. The largest absolute Gasteiger partial charge is 0.481 e. The first kappa shape index (κ1) is 20.5. The molecule has 2 amide bonds. The second-order valence-electron chi connectivity index (χ2n) is 6.54. The Kier molecular flexibility index (Phi) is 7.41. The minimum Gasteiger partial charge on any atom is -0.481 e. The van der Waals surface area contributed by atoms with Crippen LogP contribution in [0.2, 0.25) is 0 Å². The van der Waals surface area contributed by atoms with Crippen LogP contribution in [0.1, 0.15) is 50.0 Å². The van der Waals surface area contributed by atoms with Crippen LogP contribution in [0.15, 0.2) is 48.5 Å². The molecule has 2 aromatic carbocycles. The number of rotatable bonds is 8. The number of ether oxygens (including phenoxy) is 1. The van der Waals surface area contributed by atoms with Crippen molar-refractivity contribution < 1.29 is 14.3 Å². The van der Waals surface area contributed by atoms with Crippen molar-refractivity contribution in [3.8, 4) is 5.75 Å². The Morgan fingerprint density at radius 1 is 1.00 bits per heavy atom. The van der Waals surface area contributed by atoms with Gasteiger partial charge in [0.1, 0.15) is 5.75 Å². The SMILES string of the molecule is CCc1ccccc1O[C@@H](C)C(=O)Nc1ccccc1C(=O)N[C@@H](C)CC. The highest BCUT2D eigenvalue weighted by Gasteiger charge is 2.19. The molecular weight excluding hydrogens is 340 g/mol. The van der Waals surface area contributed by atoms with Gasteiger partial charge in [-0.25, -0.2) is 0 Å². The lowest BCUT2D eigenvalue weighted by molar-refractivity contribution is -0.122. The molecule has 2 aromatic rings. The second-order valence-corrected chi connectivity index (χ2v) is 6.54. The van der Waals surface area contributed by atoms with Gasteiger partial charge in [0.2, 0.25) is 0 Å². The van der Waals surface area contributed by atoms with E-state index < -0.39 is 6.10 Å². The Balaban J connectivity index is 2.10. The number of para-hydroxylation sites is 2. The van der Waals surface area contributed by atoms with Crippen LogP contribution in [0.25, 0.3) is 0 Å². The Labute approximate surface area is 161 Å². The first-order chi connectivity index (χ1) is 13.0. The van der Waals surface area contributed by atoms with E-state index in [1.807, 2.05) is 45.0 Å². The Bertz CT molecular complexity index is 789. The minimum absolute atomic E-state index is 0.0639. The maximum absolute atomic E-state index is 12.6. The zero-order valence-corrected chi connectivity index (χ0v) is 16.4. The lowest BCUT2D eigenvalue weighted by atomic mass is 10.1. The van der Waals surface area contributed by atoms with Crippen LogP contribution >= 0.6 is 0 Å². The average molecular weight is 368 g/mol. The molecule has 0 aromatic heterocycles. The lowest BCUT2D eigenvalue weighted by Gasteiger charge is -2.18. The van der Waals surface area contributed by atoms with Gasteiger partial charge in [-0.15, -0.1) is 0 Å². The maximum Gasteiger partial charge on any atom is 0.265 e. The molecule has 0 saturated carbocycles. The van der Waals surface area contributed by atoms with Gasteiger partial charge in [-0.05, 0) is 50.5 Å². The van der Waals surface area contributed by atoms with E-state index in [2.05, 4.69) is 10.6 Å². The number of nitrogens with one attached hydrogen (secondary N) is 2. The van der Waals surface area contributed by atoms with Gasteiger partial charge in [0.05, 0.1) is 11.3 Å². The first-order valence-corrected chi connectivity index (χ1v) is 9.41. The fraction of sp³-hybridized carbons (Fsp3) is 0.364. The molecule has 0 aliphatic rings. The lowest BCUT2D eigenvalue weighted by Crippen LogP contribution is -2.34. The van der Waals surface area contributed by atoms with Crippen LogP contribution < -0.4 is 15.4 Å². The van der Waals surface area contributed by atoms with Gasteiger partial charge < -0.3 is 15.4 Å². The van der Waals surface area contributed by atoms with E-state index in [0.717, 1.165) is 18.4 Å². The maximum atomic E-state index is 12.6. The van der Waals surface area contributed by atoms with E-state index in [-0.39, 0.29) is 17.9 Å². The van der Waals surface area contributed by atoms with Crippen LogP contribution in [0.5, 0.6) is 5.75 Å². The number of benzene rings is 2. The standard InChI is InChI=1S/C22H28N2O3/c1-5-15(3)23-22(26)18-12-8-9-13-19(18)24-21(25)16(4)27-20-14-10-7-11-17(20)6-2/h7-16H,5-6H2,1-4H3,(H,23,26)(H,24,25)/t15-,16-/m0/s1. The molecule has 0 radical (unpaired) electrons. The Morgan fingerprint density at radius 2 is 1.67 bits per heavy atom. The van der Waals surface area contributed by atoms with E-state index in [1.54, 1.807) is 31.2 Å². The number of anilines is 1. The third-order valence-corrected chi connectivity index (χ3v) is 4.45. The van der Waals surface area contributed by atoms with E-state index >= 15 is 0 Å². The van der Waals surface area contributed by atoms with Crippen molar-refractivity contribution in [3.63, 3.8) is 0 Å². The van der Waals surface area contributed by atoms with Crippen molar-refractivity contribution >= 4 is 17.5 Å². The van der Waals surface area contributed by atoms with E-state index in [0.29, 0.717) is 17.0 Å². The molecule has 2 atom stereocenters. The minimum atomic E-state index is -0.691. The molecule has 0 heterocycles. The summed E-state index contributed by atoms with van der Waals surface area (Å²) in [6.45, 7) is 7.69. The molecule has 2 N–H and O–H groups in total. The fourth-order valence-electron chi connectivity index (χ4n) is 2.58. The molecule has 27 heavy (non-hydrogen) atoms. The third-order valence-electron chi connectivity index (χ3n) is 4.45. The van der Waals surface area contributed by atoms with Gasteiger partial charge in [-0.3, -0.25) is 9.59 Å². The molecule has 0 aliphatic carbocycles. The van der Waals surface area contributed by atoms with Gasteiger partial charge in [0.25, 0.3) is 11.8 Å². The van der Waals surface area contributed by atoms with Gasteiger partial charge in [0.15, 0.2) is 6.10 Å². The van der Waals surface area contributed by atoms with E-state index in [9.17, 15) is 9.59 Å². The van der Waals surface area contributed by atoms with Crippen LogP contribution in [0, 0.1) is 0 Å². The molecule has 0 fully saturated rings. The smallest absolute Gasteiger partial charge is 0.265 e. The summed E-state index contributed by atoms with van der Waals surface area (Å²) in [6, 6.07) is 14.7. The molecule has 0 aliphatic heterocycles. The molecule has 2 rings (SSSR count). The van der Waals surface area contributed by atoms with Gasteiger partial charge in [-0.2, -0.15) is 0 Å². The predicted octanol–water partition coefficient (Wildman–Crippen LogP) is 4.18. The summed E-state index contributed by atoms with van der Waals surface area (Å²) < 4.78 is 5.84. The highest BCUT2D eigenvalue weighted by molar-refractivity contribution is 6.04. The number of amides is 2. The molecule has 5 nitrogen and oxygen atoms in total. The monoisotopic (exact) mass is 368 g/mol. The Hall–Kier alpha value is -2.82. The van der Waals surface area contributed by atoms with Crippen LogP contribution in [-0.4, -0.2) is 24.0 Å². The van der Waals surface area contributed by atoms with Crippen molar-refractivity contribution in [1.82, 2.24) is 5.32 Å². The predicted molar refractivity (Wildman–Crippen MR) is 108 cm³/mol. The number of aryl methyl sites for hydroxylation is 1. The second kappa shape index (κ2) is 9.76. The molecule has 5 heteroatoms. The van der Waals surface area contributed by atoms with E-state index in [4.69, 9.17) is 4.74 Å². The summed E-state index contributed by atoms with van der Waals surface area (Å²) in [5, 5.41) is 5.74. The normalized spacial score (nSPS) is 12.7. The van der Waals surface area contributed by atoms with Gasteiger partial charge in [-0.1, -0.05) is 44.2 Å². The van der Waals surface area contributed by atoms with Crippen LogP contribution in [0.3, 0.4) is 0 Å². The van der Waals surface area contributed by atoms with Crippen molar-refractivity contribution in [3.05, 3.63) is 59.7 Å². The van der Waals surface area contributed by atoms with Crippen LogP contribution in [0.4, 0.5) is 5.69 Å². The molecule has 0 bridgehead atoms. The topological polar surface area (TPSA) is 67.4 Å². The van der Waals surface area contributed by atoms with Crippen LogP contribution in [-0.2, 0) is 11.2 Å². The zero-order valence-electron chi connectivity index (χ0n) is 16.4. The summed E-state index contributed by atoms with van der Waals surface area (Å²) >= 11 is 0. The third kappa shape index (κ3) is 5.58. The fourth-order valence-corrected chi connectivity index (χ4v) is 2.58. The number of carbonyl (C=O) groups excluding carboxylic acids is 2. The number of hydrogen-bond acceptors (Lipinski definition) is 3. The van der Waals surface area contributed by atoms with Crippen molar-refractivity contribution in [2.24, 2.45) is 0 Å². The zero-order chi connectivity index (χ0) is 19.8. The van der Waals surface area contributed by atoms with Crippen molar-refractivity contribution in [1.29, 1.82) is 0 Å². The molecule has 0 saturated heterocycles.